The van der Waals surface area contributed by atoms with Crippen molar-refractivity contribution in [2.45, 2.75) is 46.2 Å². The summed E-state index contributed by atoms with van der Waals surface area (Å²) < 4.78 is 0. The number of nitrogens with one attached hydrogen (secondary N) is 1. The third kappa shape index (κ3) is 5.65. The first-order valence-corrected chi connectivity index (χ1v) is 7.70. The van der Waals surface area contributed by atoms with Crippen LogP contribution in [0.2, 0.25) is 5.02 Å². The largest absolute Gasteiger partial charge is 0.396 e. The lowest BCUT2D eigenvalue weighted by molar-refractivity contribution is 0.183. The molecule has 1 heterocycles. The zero-order chi connectivity index (χ0) is 15.0. The number of anilines is 1. The Morgan fingerprint density at radius 1 is 1.40 bits per heavy atom. The average Bonchev–Trinajstić information content (AvgIpc) is 2.43. The van der Waals surface area contributed by atoms with Gasteiger partial charge in [0.25, 0.3) is 0 Å². The topological polar surface area (TPSA) is 48.4 Å². The fourth-order valence-electron chi connectivity index (χ4n) is 1.93. The van der Waals surface area contributed by atoms with E-state index in [1.807, 2.05) is 12.1 Å². The van der Waals surface area contributed by atoms with Gasteiger partial charge in [-0.15, -0.1) is 0 Å². The number of pyridine rings is 1. The van der Waals surface area contributed by atoms with E-state index in [1.165, 1.54) is 0 Å². The van der Waals surface area contributed by atoms with Gasteiger partial charge in [0.05, 0.1) is 10.7 Å². The second kappa shape index (κ2) is 9.16. The van der Waals surface area contributed by atoms with E-state index in [0.717, 1.165) is 37.4 Å². The normalized spacial score (nSPS) is 11.3. The van der Waals surface area contributed by atoms with Gasteiger partial charge in [0, 0.05) is 32.3 Å². The van der Waals surface area contributed by atoms with Crippen molar-refractivity contribution in [3.05, 3.63) is 22.8 Å². The predicted octanol–water partition coefficient (Wildman–Crippen LogP) is 3.15. The van der Waals surface area contributed by atoms with Gasteiger partial charge in [-0.05, 0) is 38.8 Å². The zero-order valence-electron chi connectivity index (χ0n) is 12.7. The van der Waals surface area contributed by atoms with Gasteiger partial charge in [0.2, 0.25) is 0 Å². The molecule has 0 fully saturated rings. The molecule has 1 aromatic rings. The van der Waals surface area contributed by atoms with Crippen LogP contribution in [-0.2, 0) is 6.54 Å². The molecule has 0 spiro atoms. The maximum Gasteiger partial charge on any atom is 0.126 e. The Kier molecular flexibility index (Phi) is 7.88. The minimum atomic E-state index is 0.211. The minimum absolute atomic E-state index is 0.211. The Bertz CT molecular complexity index is 399. The highest BCUT2D eigenvalue weighted by atomic mass is 35.5. The fraction of sp³-hybridized carbons (Fsp3) is 0.667. The second-order valence-corrected chi connectivity index (χ2v) is 5.60. The monoisotopic (exact) mass is 299 g/mol. The molecule has 0 radical (unpaired) electrons. The van der Waals surface area contributed by atoms with Crippen molar-refractivity contribution in [2.75, 3.05) is 25.0 Å². The number of nitrogens with zero attached hydrogens (tertiary/aromatic N) is 2. The summed E-state index contributed by atoms with van der Waals surface area (Å²) in [7, 11) is 0. The van der Waals surface area contributed by atoms with Gasteiger partial charge in [-0.2, -0.15) is 0 Å². The van der Waals surface area contributed by atoms with Gasteiger partial charge in [-0.25, -0.2) is 4.98 Å². The number of aromatic nitrogens is 1. The van der Waals surface area contributed by atoms with E-state index < -0.39 is 0 Å². The van der Waals surface area contributed by atoms with Crippen molar-refractivity contribution < 1.29 is 5.11 Å². The van der Waals surface area contributed by atoms with Gasteiger partial charge in [0.15, 0.2) is 0 Å². The smallest absolute Gasteiger partial charge is 0.126 e. The van der Waals surface area contributed by atoms with E-state index in [4.69, 9.17) is 16.7 Å². The van der Waals surface area contributed by atoms with Crippen LogP contribution in [0.5, 0.6) is 0 Å². The molecule has 5 heteroatoms. The average molecular weight is 300 g/mol. The maximum absolute atomic E-state index is 8.98. The summed E-state index contributed by atoms with van der Waals surface area (Å²) in [6, 6.07) is 4.20. The fourth-order valence-corrected chi connectivity index (χ4v) is 2.10. The molecule has 0 bridgehead atoms. The molecule has 114 valence electrons. The van der Waals surface area contributed by atoms with Gasteiger partial charge < -0.3 is 10.4 Å². The Morgan fingerprint density at radius 3 is 2.75 bits per heavy atom. The van der Waals surface area contributed by atoms with Crippen LogP contribution in [0.15, 0.2) is 12.1 Å². The first kappa shape index (κ1) is 17.2. The summed E-state index contributed by atoms with van der Waals surface area (Å²) >= 11 is 6.25. The predicted molar refractivity (Wildman–Crippen MR) is 85.3 cm³/mol. The molecular formula is C15H26ClN3O. The molecule has 1 rings (SSSR count). The van der Waals surface area contributed by atoms with Gasteiger partial charge in [-0.1, -0.05) is 18.5 Å². The van der Waals surface area contributed by atoms with E-state index in [-0.39, 0.29) is 6.61 Å². The van der Waals surface area contributed by atoms with E-state index in [0.29, 0.717) is 17.6 Å². The summed E-state index contributed by atoms with van der Waals surface area (Å²) in [4.78, 5) is 6.86. The molecule has 0 aromatic carbocycles. The molecule has 0 aliphatic heterocycles. The molecule has 0 aliphatic rings. The third-order valence-corrected chi connectivity index (χ3v) is 3.51. The summed E-state index contributed by atoms with van der Waals surface area (Å²) in [5.41, 5.74) is 0.888. The standard InChI is InChI=1S/C15H26ClN3O/c1-4-8-17-15-7-6-13(16)14(18-15)11-19(12(2)3)9-5-10-20/h6-7,12,20H,4-5,8-11H2,1-3H3,(H,17,18). The van der Waals surface area contributed by atoms with Crippen LogP contribution in [0.25, 0.3) is 0 Å². The number of aliphatic hydroxyl groups is 1. The highest BCUT2D eigenvalue weighted by molar-refractivity contribution is 6.31. The first-order valence-electron chi connectivity index (χ1n) is 7.32. The Balaban J connectivity index is 2.76. The van der Waals surface area contributed by atoms with Crippen molar-refractivity contribution in [3.63, 3.8) is 0 Å². The van der Waals surface area contributed by atoms with Crippen molar-refractivity contribution in [1.29, 1.82) is 0 Å². The lowest BCUT2D eigenvalue weighted by Gasteiger charge is -2.26. The molecular weight excluding hydrogens is 274 g/mol. The SMILES string of the molecule is CCCNc1ccc(Cl)c(CN(CCCO)C(C)C)n1. The molecule has 4 nitrogen and oxygen atoms in total. The Morgan fingerprint density at radius 2 is 2.15 bits per heavy atom. The number of rotatable bonds is 9. The van der Waals surface area contributed by atoms with Crippen LogP contribution >= 0.6 is 11.6 Å². The summed E-state index contributed by atoms with van der Waals surface area (Å²) in [5, 5.41) is 13.0. The van der Waals surface area contributed by atoms with Gasteiger partial charge in [0.1, 0.15) is 5.82 Å². The van der Waals surface area contributed by atoms with Crippen LogP contribution in [0.1, 0.15) is 39.3 Å². The highest BCUT2D eigenvalue weighted by Gasteiger charge is 2.13. The van der Waals surface area contributed by atoms with Crippen LogP contribution in [-0.4, -0.2) is 40.7 Å². The van der Waals surface area contributed by atoms with E-state index in [2.05, 4.69) is 36.0 Å². The van der Waals surface area contributed by atoms with Crippen molar-refractivity contribution in [1.82, 2.24) is 9.88 Å². The van der Waals surface area contributed by atoms with Crippen molar-refractivity contribution >= 4 is 17.4 Å². The number of hydrogen-bond donors (Lipinski definition) is 2. The van der Waals surface area contributed by atoms with Crippen molar-refractivity contribution in [2.24, 2.45) is 0 Å². The molecule has 20 heavy (non-hydrogen) atoms. The number of hydrogen-bond acceptors (Lipinski definition) is 4. The maximum atomic E-state index is 8.98. The number of halogens is 1. The molecule has 2 N–H and O–H groups in total. The van der Waals surface area contributed by atoms with E-state index in [9.17, 15) is 0 Å². The van der Waals surface area contributed by atoms with Gasteiger partial charge in [-0.3, -0.25) is 4.90 Å². The quantitative estimate of drug-likeness (QED) is 0.735. The molecule has 0 saturated carbocycles. The summed E-state index contributed by atoms with van der Waals surface area (Å²) in [6.07, 6.45) is 1.83. The Hall–Kier alpha value is -0.840. The number of aliphatic hydroxyl groups excluding tert-OH is 1. The van der Waals surface area contributed by atoms with E-state index >= 15 is 0 Å². The van der Waals surface area contributed by atoms with Crippen LogP contribution in [0, 0.1) is 0 Å². The lowest BCUT2D eigenvalue weighted by Crippen LogP contribution is -2.32. The molecule has 0 unspecified atom stereocenters. The molecule has 1 aromatic heterocycles. The summed E-state index contributed by atoms with van der Waals surface area (Å²) in [6.45, 7) is 9.08. The highest BCUT2D eigenvalue weighted by Crippen LogP contribution is 2.19. The first-order chi connectivity index (χ1) is 9.58. The zero-order valence-corrected chi connectivity index (χ0v) is 13.5. The van der Waals surface area contributed by atoms with Crippen LogP contribution < -0.4 is 5.32 Å². The van der Waals surface area contributed by atoms with Gasteiger partial charge >= 0.3 is 0 Å². The van der Waals surface area contributed by atoms with Crippen LogP contribution in [0.3, 0.4) is 0 Å². The minimum Gasteiger partial charge on any atom is -0.396 e. The second-order valence-electron chi connectivity index (χ2n) is 5.19. The molecule has 0 aliphatic carbocycles. The molecule has 0 amide bonds. The Labute approximate surface area is 127 Å². The summed E-state index contributed by atoms with van der Waals surface area (Å²) in [5.74, 6) is 0.872. The lowest BCUT2D eigenvalue weighted by atomic mass is 10.2. The van der Waals surface area contributed by atoms with E-state index in [1.54, 1.807) is 0 Å². The third-order valence-electron chi connectivity index (χ3n) is 3.16. The van der Waals surface area contributed by atoms with Crippen LogP contribution in [0.4, 0.5) is 5.82 Å². The van der Waals surface area contributed by atoms with Crippen molar-refractivity contribution in [3.8, 4) is 0 Å². The molecule has 0 atom stereocenters. The molecule has 0 saturated heterocycles.